The molecule has 1 aliphatic carbocycles. The van der Waals surface area contributed by atoms with Crippen LogP contribution in [0.3, 0.4) is 0 Å². The number of hydrogen-bond acceptors (Lipinski definition) is 12. The Kier molecular flexibility index (Phi) is 12.1. The lowest BCUT2D eigenvalue weighted by atomic mass is 9.58. The Bertz CT molecular complexity index is 3260. The zero-order chi connectivity index (χ0) is 49.0. The lowest BCUT2D eigenvalue weighted by molar-refractivity contribution is -0.134. The highest BCUT2D eigenvalue weighted by Gasteiger charge is 2.46. The minimum Gasteiger partial charge on any atom is -0.493 e. The molecule has 71 heavy (non-hydrogen) atoms. The fourth-order valence-corrected chi connectivity index (χ4v) is 12.2. The number of hydrogen-bond donors (Lipinski definition) is 4. The van der Waals surface area contributed by atoms with E-state index in [2.05, 4.69) is 30.9 Å². The van der Waals surface area contributed by atoms with Crippen molar-refractivity contribution in [3.63, 3.8) is 0 Å². The highest BCUT2D eigenvalue weighted by atomic mass is 32.1. The van der Waals surface area contributed by atoms with Gasteiger partial charge in [-0.05, 0) is 135 Å². The number of benzene rings is 4. The van der Waals surface area contributed by atoms with Gasteiger partial charge in [-0.2, -0.15) is 5.10 Å². The SMILES string of the molecule is Cc1c(OCC2CC3(CCN(CC(=O)Nc4cccc5c(C6CCC(=O)NC6=O)nn(C)c45)CC3)C2)cccc1-c1ccc(N2CCc3cccc(C(=O)Nc4nc5ccccc5s4)c3C2)nc1C(=O)O. The van der Waals surface area contributed by atoms with Crippen LogP contribution in [0.15, 0.2) is 91.0 Å². The van der Waals surface area contributed by atoms with Crippen LogP contribution < -0.4 is 25.6 Å². The van der Waals surface area contributed by atoms with Gasteiger partial charge in [0.1, 0.15) is 11.6 Å². The van der Waals surface area contributed by atoms with Crippen molar-refractivity contribution < 1.29 is 33.8 Å². The number of nitrogens with zero attached hydrogens (tertiary/aromatic N) is 6. The van der Waals surface area contributed by atoms with Crippen molar-refractivity contribution in [1.29, 1.82) is 0 Å². The maximum absolute atomic E-state index is 13.7. The molecule has 3 aromatic heterocycles. The number of aromatic carboxylic acids is 1. The molecule has 4 aromatic carbocycles. The number of amides is 4. The molecule has 0 bridgehead atoms. The number of carboxylic acids is 1. The average Bonchev–Trinajstić information content (AvgIpc) is 3.93. The number of pyridine rings is 1. The zero-order valence-electron chi connectivity index (χ0n) is 39.5. The number of anilines is 3. The van der Waals surface area contributed by atoms with Gasteiger partial charge in [0.2, 0.25) is 17.7 Å². The average molecular weight is 972 g/mol. The highest BCUT2D eigenvalue weighted by Crippen LogP contribution is 2.53. The van der Waals surface area contributed by atoms with Gasteiger partial charge >= 0.3 is 5.97 Å². The minimum atomic E-state index is -1.13. The van der Waals surface area contributed by atoms with E-state index in [1.165, 1.54) is 11.3 Å². The van der Waals surface area contributed by atoms with Gasteiger partial charge in [0.15, 0.2) is 10.8 Å². The molecule has 4 N–H and O–H groups in total. The summed E-state index contributed by atoms with van der Waals surface area (Å²) in [6.45, 7) is 5.45. The van der Waals surface area contributed by atoms with Crippen molar-refractivity contribution in [1.82, 2.24) is 30.0 Å². The first-order valence-corrected chi connectivity index (χ1v) is 25.0. The molecule has 362 valence electrons. The zero-order valence-corrected chi connectivity index (χ0v) is 40.3. The van der Waals surface area contributed by atoms with Gasteiger partial charge in [-0.1, -0.05) is 59.9 Å². The number of carbonyl (C=O) groups excluding carboxylic acids is 4. The first kappa shape index (κ1) is 45.9. The lowest BCUT2D eigenvalue weighted by Gasteiger charge is -2.52. The Morgan fingerprint density at radius 1 is 0.887 bits per heavy atom. The van der Waals surface area contributed by atoms with Gasteiger partial charge in [-0.25, -0.2) is 14.8 Å². The molecule has 1 saturated carbocycles. The van der Waals surface area contributed by atoms with Crippen LogP contribution in [-0.2, 0) is 34.4 Å². The summed E-state index contributed by atoms with van der Waals surface area (Å²) in [7, 11) is 1.80. The van der Waals surface area contributed by atoms with Gasteiger partial charge in [-0.15, -0.1) is 0 Å². The summed E-state index contributed by atoms with van der Waals surface area (Å²) >= 11 is 1.43. The first-order chi connectivity index (χ1) is 34.4. The number of carbonyl (C=O) groups is 5. The number of nitrogens with one attached hydrogen (secondary N) is 3. The Morgan fingerprint density at radius 3 is 2.49 bits per heavy atom. The van der Waals surface area contributed by atoms with Gasteiger partial charge in [0.25, 0.3) is 5.91 Å². The first-order valence-electron chi connectivity index (χ1n) is 24.2. The molecule has 3 fully saturated rings. The van der Waals surface area contributed by atoms with E-state index in [1.54, 1.807) is 11.7 Å². The van der Waals surface area contributed by atoms with E-state index >= 15 is 0 Å². The van der Waals surface area contributed by atoms with E-state index in [9.17, 15) is 29.1 Å². The third-order valence-corrected chi connectivity index (χ3v) is 15.9. The number of aryl methyl sites for hydroxylation is 1. The summed E-state index contributed by atoms with van der Waals surface area (Å²) < 4.78 is 9.16. The summed E-state index contributed by atoms with van der Waals surface area (Å²) in [5, 5.41) is 25.0. The standard InChI is InChI=1S/C54H53N9O7S/c1-31-34(35-16-18-44(57-48(35)52(68)69)63-23-20-33-8-5-10-36(39(33)28-63)50(66)59-53-56-40-12-3-4-15-43(40)71-53)9-7-14-42(31)70-30-32-26-54(27-32)21-24-62(25-22-54)29-46(65)55-41-13-6-11-37-47(60-61(2)49(37)41)38-17-19-45(64)58-51(38)67/h3-16,18,32,38H,17,19-30H2,1-2H3,(H,55,65)(H,68,69)(H,56,59,66)(H,58,64,67). The van der Waals surface area contributed by atoms with E-state index in [-0.39, 0.29) is 47.7 Å². The number of para-hydroxylation sites is 2. The second-order valence-electron chi connectivity index (χ2n) is 19.5. The number of ether oxygens (including phenoxy) is 1. The highest BCUT2D eigenvalue weighted by molar-refractivity contribution is 7.22. The molecule has 16 nitrogen and oxygen atoms in total. The second-order valence-corrected chi connectivity index (χ2v) is 20.5. The number of imide groups is 1. The van der Waals surface area contributed by atoms with Gasteiger partial charge in [0.05, 0.1) is 46.2 Å². The summed E-state index contributed by atoms with van der Waals surface area (Å²) in [6.07, 6.45) is 5.44. The molecular weight excluding hydrogens is 919 g/mol. The summed E-state index contributed by atoms with van der Waals surface area (Å²) in [5.41, 5.74) is 7.59. The summed E-state index contributed by atoms with van der Waals surface area (Å²) in [4.78, 5) is 77.9. The predicted molar refractivity (Wildman–Crippen MR) is 271 cm³/mol. The number of likely N-dealkylation sites (tertiary alicyclic amines) is 1. The fraction of sp³-hybridized carbons (Fsp3) is 0.333. The van der Waals surface area contributed by atoms with Crippen molar-refractivity contribution >= 4 is 78.7 Å². The van der Waals surface area contributed by atoms with E-state index in [1.807, 2.05) is 103 Å². The normalized spacial score (nSPS) is 18.0. The van der Waals surface area contributed by atoms with Crippen molar-refractivity contribution in [2.75, 3.05) is 48.3 Å². The maximum Gasteiger partial charge on any atom is 0.355 e. The van der Waals surface area contributed by atoms with Crippen molar-refractivity contribution in [2.24, 2.45) is 18.4 Å². The molecule has 1 atom stereocenters. The Balaban J connectivity index is 0.689. The van der Waals surface area contributed by atoms with Crippen LogP contribution in [0.5, 0.6) is 5.75 Å². The molecule has 1 spiro atoms. The molecule has 7 aromatic rings. The number of rotatable bonds is 12. The van der Waals surface area contributed by atoms with Crippen molar-refractivity contribution in [3.05, 3.63) is 125 Å². The molecule has 11 rings (SSSR count). The number of aromatic nitrogens is 4. The second kappa shape index (κ2) is 18.7. The molecule has 2 saturated heterocycles. The van der Waals surface area contributed by atoms with Crippen LogP contribution in [0.2, 0.25) is 0 Å². The molecule has 4 amide bonds. The van der Waals surface area contributed by atoms with Crippen LogP contribution in [0.1, 0.15) is 87.7 Å². The fourth-order valence-electron chi connectivity index (χ4n) is 11.3. The molecule has 4 aliphatic rings. The van der Waals surface area contributed by atoms with Crippen LogP contribution >= 0.6 is 11.3 Å². The van der Waals surface area contributed by atoms with E-state index in [4.69, 9.17) is 9.72 Å². The van der Waals surface area contributed by atoms with Gasteiger partial charge in [-0.3, -0.25) is 39.4 Å². The molecule has 6 heterocycles. The lowest BCUT2D eigenvalue weighted by Crippen LogP contribution is -2.49. The van der Waals surface area contributed by atoms with Crippen LogP contribution in [0, 0.1) is 18.3 Å². The van der Waals surface area contributed by atoms with Crippen LogP contribution in [0.25, 0.3) is 32.2 Å². The summed E-state index contributed by atoms with van der Waals surface area (Å²) in [5.74, 6) is -0.993. The van der Waals surface area contributed by atoms with Crippen molar-refractivity contribution in [3.8, 4) is 16.9 Å². The van der Waals surface area contributed by atoms with E-state index in [0.29, 0.717) is 77.7 Å². The summed E-state index contributed by atoms with van der Waals surface area (Å²) in [6, 6.07) is 28.5. The Labute approximate surface area is 413 Å². The van der Waals surface area contributed by atoms with Crippen LogP contribution in [0.4, 0.5) is 16.6 Å². The minimum absolute atomic E-state index is 0.0495. The third-order valence-electron chi connectivity index (χ3n) is 15.0. The smallest absolute Gasteiger partial charge is 0.355 e. The van der Waals surface area contributed by atoms with Crippen LogP contribution in [-0.4, -0.2) is 92.1 Å². The Hall–Kier alpha value is -7.50. The quantitative estimate of drug-likeness (QED) is 0.0859. The molecule has 1 unspecified atom stereocenters. The Morgan fingerprint density at radius 2 is 1.69 bits per heavy atom. The number of fused-ring (bicyclic) bond motifs is 3. The van der Waals surface area contributed by atoms with Gasteiger partial charge < -0.3 is 20.1 Å². The topological polar surface area (TPSA) is 201 Å². The van der Waals surface area contributed by atoms with Crippen molar-refractivity contribution in [2.45, 2.75) is 64.3 Å². The van der Waals surface area contributed by atoms with E-state index < -0.39 is 11.9 Å². The number of thiazole rings is 1. The maximum atomic E-state index is 13.7. The monoisotopic (exact) mass is 971 g/mol. The third kappa shape index (κ3) is 8.99. The number of piperidine rings is 2. The largest absolute Gasteiger partial charge is 0.493 e. The molecule has 17 heteroatoms. The molecule has 3 aliphatic heterocycles. The number of carboxylic acid groups (broad SMARTS) is 1. The molecular formula is C54H53N9O7S. The molecule has 0 radical (unpaired) electrons. The predicted octanol–water partition coefficient (Wildman–Crippen LogP) is 8.10. The van der Waals surface area contributed by atoms with Gasteiger partial charge in [0, 0.05) is 43.1 Å². The van der Waals surface area contributed by atoms with E-state index in [0.717, 1.165) is 82.1 Å².